The summed E-state index contributed by atoms with van der Waals surface area (Å²) in [6, 6.07) is 0. The minimum absolute atomic E-state index is 0.106. The highest BCUT2D eigenvalue weighted by Gasteiger charge is 2.87. The summed E-state index contributed by atoms with van der Waals surface area (Å²) in [7, 11) is 0. The van der Waals surface area contributed by atoms with Crippen LogP contribution in [-0.2, 0) is 9.53 Å². The van der Waals surface area contributed by atoms with Crippen molar-refractivity contribution in [1.29, 1.82) is 0 Å². The monoisotopic (exact) mass is 392 g/mol. The Morgan fingerprint density at radius 1 is 1.18 bits per heavy atom. The van der Waals surface area contributed by atoms with E-state index in [9.17, 15) is 25.2 Å². The van der Waals surface area contributed by atoms with E-state index in [1.54, 1.807) is 0 Å². The predicted molar refractivity (Wildman–Crippen MR) is 99.9 cm³/mol. The molecule has 28 heavy (non-hydrogen) atoms. The Kier molecular flexibility index (Phi) is 3.75. The maximum absolute atomic E-state index is 13.5. The van der Waals surface area contributed by atoms with Crippen LogP contribution in [0.4, 0.5) is 0 Å². The van der Waals surface area contributed by atoms with Crippen LogP contribution in [0.1, 0.15) is 52.4 Å². The quantitative estimate of drug-likeness (QED) is 0.525. The van der Waals surface area contributed by atoms with Gasteiger partial charge < -0.3 is 25.2 Å². The van der Waals surface area contributed by atoms with Gasteiger partial charge in [-0.1, -0.05) is 26.8 Å². The number of Topliss-reactive ketones (excluding diaryl/α,β-unsaturated/α-hetero) is 1. The van der Waals surface area contributed by atoms with E-state index in [4.69, 9.17) is 4.74 Å². The number of fused-ring (bicyclic) bond motifs is 2. The van der Waals surface area contributed by atoms with Gasteiger partial charge in [0.1, 0.15) is 11.5 Å². The van der Waals surface area contributed by atoms with Crippen molar-refractivity contribution < 1.29 is 30.0 Å². The summed E-state index contributed by atoms with van der Waals surface area (Å²) in [5.74, 6) is -3.77. The fraction of sp³-hybridized carbons (Fsp3) is 0.864. The molecule has 156 valence electrons. The van der Waals surface area contributed by atoms with Gasteiger partial charge in [-0.2, -0.15) is 0 Å². The van der Waals surface area contributed by atoms with Gasteiger partial charge in [-0.05, 0) is 49.0 Å². The van der Waals surface area contributed by atoms with Crippen molar-refractivity contribution in [2.75, 3.05) is 6.61 Å². The van der Waals surface area contributed by atoms with E-state index in [2.05, 4.69) is 20.4 Å². The first-order valence-corrected chi connectivity index (χ1v) is 10.8. The molecule has 0 amide bonds. The molecule has 4 saturated carbocycles. The average molecular weight is 392 g/mol. The maximum atomic E-state index is 13.5. The molecule has 10 atom stereocenters. The van der Waals surface area contributed by atoms with Gasteiger partial charge in [-0.3, -0.25) is 4.79 Å². The standard InChI is InChI=1S/C22H32O6/c1-4-8-19(3)9-7-14(23)20-10-28-22(27,18(26)15(19)20)21-13(20)6-5-12(17(21)25)11(2)16(21)24/h12-15,17-18,23,25-27H,2,4-10H2,1,3H3/t12-,13-,14-,15+,17+,18-,19+,20+,21-,22-/m0/s1. The molecule has 0 unspecified atom stereocenters. The molecule has 0 aromatic carbocycles. The average Bonchev–Trinajstić information content (AvgIpc) is 2.76. The first kappa shape index (κ1) is 19.2. The first-order chi connectivity index (χ1) is 13.1. The van der Waals surface area contributed by atoms with Gasteiger partial charge in [0, 0.05) is 17.3 Å². The van der Waals surface area contributed by atoms with Crippen molar-refractivity contribution in [1.82, 2.24) is 0 Å². The fourth-order valence-electron chi connectivity index (χ4n) is 8.58. The molecule has 6 rings (SSSR count). The maximum Gasteiger partial charge on any atom is 0.208 e. The van der Waals surface area contributed by atoms with Crippen LogP contribution in [0.5, 0.6) is 0 Å². The molecule has 0 radical (unpaired) electrons. The molecular weight excluding hydrogens is 360 g/mol. The molecular formula is C22H32O6. The van der Waals surface area contributed by atoms with E-state index in [-0.39, 0.29) is 23.7 Å². The highest BCUT2D eigenvalue weighted by atomic mass is 16.6. The smallest absolute Gasteiger partial charge is 0.208 e. The summed E-state index contributed by atoms with van der Waals surface area (Å²) in [6.45, 7) is 8.25. The third-order valence-corrected chi connectivity index (χ3v) is 9.54. The number of carbonyl (C=O) groups is 1. The van der Waals surface area contributed by atoms with Gasteiger partial charge in [0.15, 0.2) is 5.78 Å². The van der Waals surface area contributed by atoms with E-state index >= 15 is 0 Å². The van der Waals surface area contributed by atoms with Crippen LogP contribution in [0.25, 0.3) is 0 Å². The van der Waals surface area contributed by atoms with Gasteiger partial charge in [0.2, 0.25) is 5.79 Å². The Morgan fingerprint density at radius 3 is 2.57 bits per heavy atom. The Balaban J connectivity index is 1.77. The van der Waals surface area contributed by atoms with Crippen LogP contribution in [0.15, 0.2) is 12.2 Å². The highest BCUT2D eigenvalue weighted by molar-refractivity contribution is 6.05. The minimum Gasteiger partial charge on any atom is -0.392 e. The van der Waals surface area contributed by atoms with Crippen molar-refractivity contribution in [2.24, 2.45) is 34.0 Å². The molecule has 0 aromatic rings. The molecule has 0 aromatic heterocycles. The van der Waals surface area contributed by atoms with E-state index in [0.29, 0.717) is 24.8 Å². The topological polar surface area (TPSA) is 107 Å². The number of rotatable bonds is 2. The predicted octanol–water partition coefficient (Wildman–Crippen LogP) is 1.16. The lowest BCUT2D eigenvalue weighted by Crippen LogP contribution is -2.85. The molecule has 2 saturated heterocycles. The summed E-state index contributed by atoms with van der Waals surface area (Å²) in [6.07, 6.45) is 1.12. The summed E-state index contributed by atoms with van der Waals surface area (Å²) in [5, 5.41) is 45.8. The molecule has 4 aliphatic carbocycles. The van der Waals surface area contributed by atoms with E-state index in [1.165, 1.54) is 0 Å². The number of ketones is 1. The van der Waals surface area contributed by atoms with Gasteiger partial charge in [0.25, 0.3) is 0 Å². The Morgan fingerprint density at radius 2 is 1.89 bits per heavy atom. The molecule has 2 heterocycles. The van der Waals surface area contributed by atoms with Gasteiger partial charge in [-0.25, -0.2) is 0 Å². The van der Waals surface area contributed by atoms with Gasteiger partial charge in [-0.15, -0.1) is 0 Å². The van der Waals surface area contributed by atoms with Crippen molar-refractivity contribution in [3.8, 4) is 0 Å². The van der Waals surface area contributed by atoms with Crippen LogP contribution in [0.3, 0.4) is 0 Å². The number of hydrogen-bond acceptors (Lipinski definition) is 6. The second-order valence-electron chi connectivity index (χ2n) is 10.4. The summed E-state index contributed by atoms with van der Waals surface area (Å²) in [4.78, 5) is 13.5. The lowest BCUT2D eigenvalue weighted by molar-refractivity contribution is -0.459. The Bertz CT molecular complexity index is 751. The molecule has 6 heteroatoms. The van der Waals surface area contributed by atoms with Crippen LogP contribution >= 0.6 is 0 Å². The van der Waals surface area contributed by atoms with Crippen LogP contribution in [0, 0.1) is 34.0 Å². The van der Waals surface area contributed by atoms with Crippen LogP contribution in [0.2, 0.25) is 0 Å². The van der Waals surface area contributed by atoms with Crippen molar-refractivity contribution in [3.05, 3.63) is 12.2 Å². The number of carbonyl (C=O) groups excluding carboxylic acids is 1. The zero-order chi connectivity index (χ0) is 20.3. The highest BCUT2D eigenvalue weighted by Crippen LogP contribution is 2.76. The Hall–Kier alpha value is -0.790. The summed E-state index contributed by atoms with van der Waals surface area (Å²) in [5.41, 5.74) is -2.43. The number of hydrogen-bond donors (Lipinski definition) is 4. The van der Waals surface area contributed by atoms with Gasteiger partial charge >= 0.3 is 0 Å². The zero-order valence-electron chi connectivity index (χ0n) is 16.7. The van der Waals surface area contributed by atoms with Crippen LogP contribution in [-0.4, -0.2) is 56.9 Å². The normalized spacial score (nSPS) is 59.9. The van der Waals surface area contributed by atoms with Gasteiger partial charge in [0.05, 0.1) is 18.8 Å². The number of aliphatic hydroxyl groups is 4. The summed E-state index contributed by atoms with van der Waals surface area (Å²) < 4.78 is 5.88. The molecule has 2 aliphatic heterocycles. The Labute approximate surface area is 165 Å². The van der Waals surface area contributed by atoms with E-state index in [0.717, 1.165) is 19.3 Å². The fourth-order valence-corrected chi connectivity index (χ4v) is 8.58. The van der Waals surface area contributed by atoms with Crippen molar-refractivity contribution >= 4 is 5.78 Å². The number of aliphatic hydroxyl groups excluding tert-OH is 3. The minimum atomic E-state index is -2.15. The lowest BCUT2D eigenvalue weighted by atomic mass is 9.35. The largest absolute Gasteiger partial charge is 0.392 e. The van der Waals surface area contributed by atoms with E-state index < -0.39 is 46.8 Å². The molecule has 2 spiro atoms. The second kappa shape index (κ2) is 5.46. The SMILES string of the molecule is C=C1C(=O)[C@]23[C@H](O)[C@H]1CC[C@H]2[C@@]12CO[C@@]3(O)[C@@H](O)[C@@H]1[C@](C)(CCC)CC[C@@H]2O. The molecule has 6 aliphatic rings. The third-order valence-electron chi connectivity index (χ3n) is 9.54. The number of ether oxygens (including phenoxy) is 1. The first-order valence-electron chi connectivity index (χ1n) is 10.8. The third kappa shape index (κ3) is 1.66. The summed E-state index contributed by atoms with van der Waals surface area (Å²) >= 11 is 0. The molecule has 4 bridgehead atoms. The zero-order valence-corrected chi connectivity index (χ0v) is 16.7. The van der Waals surface area contributed by atoms with Crippen molar-refractivity contribution in [2.45, 2.75) is 76.5 Å². The van der Waals surface area contributed by atoms with E-state index in [1.807, 2.05) is 0 Å². The lowest BCUT2D eigenvalue weighted by Gasteiger charge is -2.75. The molecule has 6 nitrogen and oxygen atoms in total. The molecule has 6 fully saturated rings. The molecule has 4 N–H and O–H groups in total. The van der Waals surface area contributed by atoms with Crippen molar-refractivity contribution in [3.63, 3.8) is 0 Å². The van der Waals surface area contributed by atoms with Crippen LogP contribution < -0.4 is 0 Å². The second-order valence-corrected chi connectivity index (χ2v) is 10.4.